The topological polar surface area (TPSA) is 67.8 Å². The number of hydrogen-bond acceptors (Lipinski definition) is 3. The molecule has 1 aliphatic heterocycles. The highest BCUT2D eigenvalue weighted by atomic mass is 16.5. The zero-order valence-corrected chi connectivity index (χ0v) is 7.68. The van der Waals surface area contributed by atoms with E-state index in [0.29, 0.717) is 5.92 Å². The number of benzene rings is 1. The minimum atomic E-state index is 0.140. The molecule has 1 fully saturated rings. The molecule has 0 spiro atoms. The minimum absolute atomic E-state index is 0.140. The van der Waals surface area contributed by atoms with Crippen LogP contribution in [0.15, 0.2) is 29.4 Å². The van der Waals surface area contributed by atoms with Gasteiger partial charge in [-0.25, -0.2) is 0 Å². The monoisotopic (exact) mass is 192 g/mol. The third-order valence-electron chi connectivity index (χ3n) is 2.42. The van der Waals surface area contributed by atoms with E-state index in [4.69, 9.17) is 15.7 Å². The van der Waals surface area contributed by atoms with Gasteiger partial charge in [-0.3, -0.25) is 0 Å². The van der Waals surface area contributed by atoms with Crippen LogP contribution in [0.5, 0.6) is 0 Å². The lowest BCUT2D eigenvalue weighted by molar-refractivity contribution is 0.00842. The number of oxime groups is 1. The summed E-state index contributed by atoms with van der Waals surface area (Å²) in [6.07, 6.45) is 0. The van der Waals surface area contributed by atoms with Gasteiger partial charge < -0.3 is 15.7 Å². The Kier molecular flexibility index (Phi) is 2.37. The van der Waals surface area contributed by atoms with E-state index < -0.39 is 0 Å². The molecule has 1 saturated heterocycles. The minimum Gasteiger partial charge on any atom is -0.409 e. The number of hydrogen-bond donors (Lipinski definition) is 2. The predicted octanol–water partition coefficient (Wildman–Crippen LogP) is 0.895. The number of ether oxygens (including phenoxy) is 1. The molecule has 4 heteroatoms. The SMILES string of the molecule is NC(=NO)c1ccc(C2COC2)cc1. The van der Waals surface area contributed by atoms with Crippen LogP contribution in [-0.4, -0.2) is 24.3 Å². The van der Waals surface area contributed by atoms with Crippen molar-refractivity contribution in [2.24, 2.45) is 10.9 Å². The fourth-order valence-electron chi connectivity index (χ4n) is 1.41. The smallest absolute Gasteiger partial charge is 0.170 e. The second-order valence-electron chi connectivity index (χ2n) is 3.34. The summed E-state index contributed by atoms with van der Waals surface area (Å²) >= 11 is 0. The molecule has 3 N–H and O–H groups in total. The highest BCUT2D eigenvalue weighted by Crippen LogP contribution is 2.23. The van der Waals surface area contributed by atoms with Gasteiger partial charge in [0.05, 0.1) is 13.2 Å². The molecule has 0 radical (unpaired) electrons. The molecule has 1 heterocycles. The third kappa shape index (κ3) is 1.56. The summed E-state index contributed by atoms with van der Waals surface area (Å²) in [5, 5.41) is 11.4. The Labute approximate surface area is 82.0 Å². The van der Waals surface area contributed by atoms with Crippen molar-refractivity contribution in [2.45, 2.75) is 5.92 Å². The average molecular weight is 192 g/mol. The molecule has 0 saturated carbocycles. The first-order valence-corrected chi connectivity index (χ1v) is 4.47. The summed E-state index contributed by atoms with van der Waals surface area (Å²) in [5.74, 6) is 0.651. The van der Waals surface area contributed by atoms with Gasteiger partial charge in [-0.2, -0.15) is 0 Å². The summed E-state index contributed by atoms with van der Waals surface area (Å²) in [7, 11) is 0. The Morgan fingerprint density at radius 2 is 2.00 bits per heavy atom. The Morgan fingerprint density at radius 1 is 1.36 bits per heavy atom. The molecule has 74 valence electrons. The number of nitrogens with two attached hydrogens (primary N) is 1. The van der Waals surface area contributed by atoms with Crippen molar-refractivity contribution in [3.05, 3.63) is 35.4 Å². The maximum absolute atomic E-state index is 8.47. The van der Waals surface area contributed by atoms with E-state index >= 15 is 0 Å². The molecule has 1 aliphatic rings. The normalized spacial score (nSPS) is 17.9. The average Bonchev–Trinajstić information content (AvgIpc) is 2.15. The second kappa shape index (κ2) is 3.67. The van der Waals surface area contributed by atoms with E-state index in [0.717, 1.165) is 18.8 Å². The summed E-state index contributed by atoms with van der Waals surface area (Å²) in [4.78, 5) is 0. The summed E-state index contributed by atoms with van der Waals surface area (Å²) in [6.45, 7) is 1.59. The number of rotatable bonds is 2. The van der Waals surface area contributed by atoms with Gasteiger partial charge in [0, 0.05) is 11.5 Å². The first-order chi connectivity index (χ1) is 6.81. The lowest BCUT2D eigenvalue weighted by atomic mass is 9.96. The van der Waals surface area contributed by atoms with Crippen molar-refractivity contribution in [3.63, 3.8) is 0 Å². The van der Waals surface area contributed by atoms with E-state index in [1.54, 1.807) is 0 Å². The standard InChI is InChI=1S/C10H12N2O2/c11-10(12-13)8-3-1-7(2-4-8)9-5-14-6-9/h1-4,9,13H,5-6H2,(H2,11,12). The lowest BCUT2D eigenvalue weighted by Gasteiger charge is -2.26. The van der Waals surface area contributed by atoms with Crippen molar-refractivity contribution < 1.29 is 9.94 Å². The molecule has 0 aromatic heterocycles. The van der Waals surface area contributed by atoms with Gasteiger partial charge in [-0.05, 0) is 5.56 Å². The zero-order chi connectivity index (χ0) is 9.97. The van der Waals surface area contributed by atoms with Crippen LogP contribution in [0, 0.1) is 0 Å². The molecule has 1 aromatic rings. The quantitative estimate of drug-likeness (QED) is 0.316. The van der Waals surface area contributed by atoms with Crippen LogP contribution < -0.4 is 5.73 Å². The van der Waals surface area contributed by atoms with Crippen molar-refractivity contribution in [1.29, 1.82) is 0 Å². The first kappa shape index (κ1) is 9.02. The Bertz CT molecular complexity index is 342. The molecule has 1 aromatic carbocycles. The molecule has 14 heavy (non-hydrogen) atoms. The number of nitrogens with zero attached hydrogens (tertiary/aromatic N) is 1. The highest BCUT2D eigenvalue weighted by molar-refractivity contribution is 5.96. The van der Waals surface area contributed by atoms with Crippen molar-refractivity contribution >= 4 is 5.84 Å². The van der Waals surface area contributed by atoms with Gasteiger partial charge in [-0.15, -0.1) is 0 Å². The molecule has 0 unspecified atom stereocenters. The zero-order valence-electron chi connectivity index (χ0n) is 7.68. The molecule has 2 rings (SSSR count). The fourth-order valence-corrected chi connectivity index (χ4v) is 1.41. The van der Waals surface area contributed by atoms with Gasteiger partial charge >= 0.3 is 0 Å². The van der Waals surface area contributed by atoms with E-state index in [2.05, 4.69) is 5.16 Å². The summed E-state index contributed by atoms with van der Waals surface area (Å²) in [5.41, 5.74) is 7.42. The third-order valence-corrected chi connectivity index (χ3v) is 2.42. The van der Waals surface area contributed by atoms with Crippen LogP contribution in [-0.2, 0) is 4.74 Å². The van der Waals surface area contributed by atoms with Gasteiger partial charge in [0.25, 0.3) is 0 Å². The van der Waals surface area contributed by atoms with E-state index in [9.17, 15) is 0 Å². The largest absolute Gasteiger partial charge is 0.409 e. The van der Waals surface area contributed by atoms with Crippen LogP contribution in [0.3, 0.4) is 0 Å². The second-order valence-corrected chi connectivity index (χ2v) is 3.34. The van der Waals surface area contributed by atoms with Crippen LogP contribution in [0.1, 0.15) is 17.0 Å². The van der Waals surface area contributed by atoms with Gasteiger partial charge in [0.15, 0.2) is 5.84 Å². The van der Waals surface area contributed by atoms with Crippen LogP contribution in [0.4, 0.5) is 0 Å². The highest BCUT2D eigenvalue weighted by Gasteiger charge is 2.20. The van der Waals surface area contributed by atoms with Crippen LogP contribution in [0.2, 0.25) is 0 Å². The molecule has 0 aliphatic carbocycles. The molecule has 4 nitrogen and oxygen atoms in total. The maximum Gasteiger partial charge on any atom is 0.170 e. The molecule has 0 bridgehead atoms. The van der Waals surface area contributed by atoms with Gasteiger partial charge in [0.1, 0.15) is 0 Å². The maximum atomic E-state index is 8.47. The van der Waals surface area contributed by atoms with E-state index in [1.807, 2.05) is 24.3 Å². The van der Waals surface area contributed by atoms with E-state index in [1.165, 1.54) is 5.56 Å². The van der Waals surface area contributed by atoms with Gasteiger partial charge in [0.2, 0.25) is 0 Å². The first-order valence-electron chi connectivity index (χ1n) is 4.47. The lowest BCUT2D eigenvalue weighted by Crippen LogP contribution is -2.25. The molecule has 0 amide bonds. The van der Waals surface area contributed by atoms with Crippen molar-refractivity contribution in [1.82, 2.24) is 0 Å². The molecule has 0 atom stereocenters. The van der Waals surface area contributed by atoms with Crippen LogP contribution in [0.25, 0.3) is 0 Å². The van der Waals surface area contributed by atoms with Gasteiger partial charge in [-0.1, -0.05) is 29.4 Å². The van der Waals surface area contributed by atoms with Crippen molar-refractivity contribution in [2.75, 3.05) is 13.2 Å². The summed E-state index contributed by atoms with van der Waals surface area (Å²) in [6, 6.07) is 7.67. The summed E-state index contributed by atoms with van der Waals surface area (Å²) < 4.78 is 5.10. The van der Waals surface area contributed by atoms with Crippen molar-refractivity contribution in [3.8, 4) is 0 Å². The predicted molar refractivity (Wildman–Crippen MR) is 52.5 cm³/mol. The molecular weight excluding hydrogens is 180 g/mol. The van der Waals surface area contributed by atoms with E-state index in [-0.39, 0.29) is 5.84 Å². The Hall–Kier alpha value is -1.55. The van der Waals surface area contributed by atoms with Crippen LogP contribution >= 0.6 is 0 Å². The number of amidine groups is 1. The Morgan fingerprint density at radius 3 is 2.43 bits per heavy atom. The Balaban J connectivity index is 2.17. The molecular formula is C10H12N2O2. The fraction of sp³-hybridized carbons (Fsp3) is 0.300.